The van der Waals surface area contributed by atoms with E-state index in [1.54, 1.807) is 0 Å². The molecule has 0 saturated heterocycles. The van der Waals surface area contributed by atoms with E-state index in [0.29, 0.717) is 0 Å². The molecular formula is C24H26IrNO2-. The van der Waals surface area contributed by atoms with Gasteiger partial charge in [0.05, 0.1) is 11.3 Å². The summed E-state index contributed by atoms with van der Waals surface area (Å²) in [4.78, 5) is 14.8. The molecule has 1 N–H and O–H groups in total. The molecule has 2 aromatic carbocycles. The van der Waals surface area contributed by atoms with Gasteiger partial charge in [0.1, 0.15) is 0 Å². The van der Waals surface area contributed by atoms with Crippen LogP contribution in [0.25, 0.3) is 22.2 Å². The first-order valence-corrected chi connectivity index (χ1v) is 9.22. The van der Waals surface area contributed by atoms with Crippen LogP contribution in [0.3, 0.4) is 0 Å². The Balaban J connectivity index is 0.000000425. The summed E-state index contributed by atoms with van der Waals surface area (Å²) in [6, 6.07) is 20.4. The van der Waals surface area contributed by atoms with Gasteiger partial charge in [-0.1, -0.05) is 44.2 Å². The third-order valence-electron chi connectivity index (χ3n) is 4.06. The molecule has 0 aliphatic carbocycles. The molecule has 0 atom stereocenters. The van der Waals surface area contributed by atoms with Crippen LogP contribution in [0, 0.1) is 6.07 Å². The van der Waals surface area contributed by atoms with Gasteiger partial charge in [-0.3, -0.25) is 9.78 Å². The van der Waals surface area contributed by atoms with Gasteiger partial charge in [0.25, 0.3) is 0 Å². The summed E-state index contributed by atoms with van der Waals surface area (Å²) in [5.41, 5.74) is 5.76. The van der Waals surface area contributed by atoms with Crippen molar-refractivity contribution in [2.45, 2.75) is 40.5 Å². The number of benzene rings is 2. The summed E-state index contributed by atoms with van der Waals surface area (Å²) in [6.45, 7) is 7.20. The predicted molar refractivity (Wildman–Crippen MR) is 112 cm³/mol. The van der Waals surface area contributed by atoms with Gasteiger partial charge >= 0.3 is 0 Å². The molecule has 1 aromatic heterocycles. The van der Waals surface area contributed by atoms with Crippen LogP contribution in [-0.4, -0.2) is 15.9 Å². The van der Waals surface area contributed by atoms with Crippen LogP contribution in [0.5, 0.6) is 0 Å². The van der Waals surface area contributed by atoms with E-state index in [-0.39, 0.29) is 31.6 Å². The number of hydrogen-bond acceptors (Lipinski definition) is 3. The number of aliphatic hydroxyl groups is 1. The van der Waals surface area contributed by atoms with E-state index in [1.165, 1.54) is 36.4 Å². The van der Waals surface area contributed by atoms with Crippen LogP contribution in [0.2, 0.25) is 0 Å². The van der Waals surface area contributed by atoms with Crippen LogP contribution < -0.4 is 0 Å². The zero-order valence-electron chi connectivity index (χ0n) is 16.7. The molecule has 0 fully saturated rings. The molecule has 0 aliphatic heterocycles. The van der Waals surface area contributed by atoms with Crippen molar-refractivity contribution >= 4 is 16.7 Å². The Morgan fingerprint density at radius 1 is 1.07 bits per heavy atom. The Morgan fingerprint density at radius 2 is 1.79 bits per heavy atom. The number of nitrogens with zero attached hydrogens (tertiary/aromatic N) is 1. The number of hydrogen-bond donors (Lipinski definition) is 1. The maximum absolute atomic E-state index is 10.0. The van der Waals surface area contributed by atoms with E-state index in [4.69, 9.17) is 10.1 Å². The zero-order valence-corrected chi connectivity index (χ0v) is 19.1. The topological polar surface area (TPSA) is 50.2 Å². The van der Waals surface area contributed by atoms with Crippen molar-refractivity contribution in [3.8, 4) is 11.3 Å². The average Bonchev–Trinajstić information content (AvgIpc) is 2.66. The minimum absolute atomic E-state index is 0. The fourth-order valence-corrected chi connectivity index (χ4v) is 2.74. The largest absolute Gasteiger partial charge is 0.512 e. The van der Waals surface area contributed by atoms with Gasteiger partial charge in [-0.2, -0.15) is 0 Å². The molecule has 3 nitrogen and oxygen atoms in total. The normalized spacial score (nSPS) is 10.6. The van der Waals surface area contributed by atoms with Crippen molar-refractivity contribution in [1.82, 2.24) is 4.98 Å². The fraction of sp³-hybridized carbons (Fsp3) is 0.250. The molecule has 0 bridgehead atoms. The second-order valence-corrected chi connectivity index (χ2v) is 6.42. The molecule has 0 spiro atoms. The zero-order chi connectivity index (χ0) is 19.8. The van der Waals surface area contributed by atoms with E-state index in [0.717, 1.165) is 29.6 Å². The molecule has 149 valence electrons. The van der Waals surface area contributed by atoms with Crippen LogP contribution in [0.1, 0.15) is 38.8 Å². The maximum Gasteiger partial charge on any atom is 0.155 e. The van der Waals surface area contributed by atoms with Gasteiger partial charge in [0, 0.05) is 26.2 Å². The van der Waals surface area contributed by atoms with Gasteiger partial charge in [-0.15, -0.1) is 34.9 Å². The van der Waals surface area contributed by atoms with E-state index < -0.39 is 0 Å². The molecule has 0 saturated carbocycles. The SMILES string of the molecule is CC(=O)/C=C(/C)O.CCc1[c-]c(-c2ccc3ccccc3n2)cc(CC)c1.[Ir]. The molecule has 0 unspecified atom stereocenters. The number of allylic oxidation sites excluding steroid dienone is 2. The molecular weight excluding hydrogens is 526 g/mol. The van der Waals surface area contributed by atoms with E-state index >= 15 is 0 Å². The first kappa shape index (κ1) is 23.7. The van der Waals surface area contributed by atoms with Gasteiger partial charge in [0.15, 0.2) is 5.78 Å². The molecule has 4 heteroatoms. The van der Waals surface area contributed by atoms with Crippen LogP contribution in [0.15, 0.2) is 60.4 Å². The smallest absolute Gasteiger partial charge is 0.155 e. The Hall–Kier alpha value is -2.29. The maximum atomic E-state index is 10.0. The van der Waals surface area contributed by atoms with Crippen molar-refractivity contribution in [2.24, 2.45) is 0 Å². The first-order chi connectivity index (χ1) is 12.9. The van der Waals surface area contributed by atoms with Crippen molar-refractivity contribution < 1.29 is 30.0 Å². The standard InChI is InChI=1S/C19H18N.C5H8O2.Ir/c1-3-14-11-15(4-2)13-17(12-14)19-10-9-16-7-5-6-8-18(16)20-19;1-4(6)3-5(2)7;/h5-12H,3-4H2,1-2H3;3,6H,1-2H3;/q-1;;/b;4-3-;. The molecule has 1 radical (unpaired) electrons. The van der Waals surface area contributed by atoms with Crippen molar-refractivity contribution in [1.29, 1.82) is 0 Å². The molecule has 3 aromatic rings. The summed E-state index contributed by atoms with van der Waals surface area (Å²) in [5.74, 6) is -0.0625. The second-order valence-electron chi connectivity index (χ2n) is 6.42. The quantitative estimate of drug-likeness (QED) is 0.251. The number of aromatic nitrogens is 1. The molecule has 0 amide bonds. The Bertz CT molecular complexity index is 937. The molecule has 0 aliphatic rings. The number of carbonyl (C=O) groups excluding carboxylic acids is 1. The number of ketones is 1. The van der Waals surface area contributed by atoms with Gasteiger partial charge in [0.2, 0.25) is 0 Å². The van der Waals surface area contributed by atoms with Gasteiger partial charge in [-0.05, 0) is 43.8 Å². The summed E-state index contributed by atoms with van der Waals surface area (Å²) >= 11 is 0. The predicted octanol–water partition coefficient (Wildman–Crippen LogP) is 5.86. The Labute approximate surface area is 180 Å². The Morgan fingerprint density at radius 3 is 2.36 bits per heavy atom. The van der Waals surface area contributed by atoms with Crippen molar-refractivity contribution in [3.63, 3.8) is 0 Å². The third kappa shape index (κ3) is 7.03. The van der Waals surface area contributed by atoms with E-state index in [9.17, 15) is 4.79 Å². The summed E-state index contributed by atoms with van der Waals surface area (Å²) in [6.07, 6.45) is 3.22. The fourth-order valence-electron chi connectivity index (χ4n) is 2.74. The summed E-state index contributed by atoms with van der Waals surface area (Å²) in [7, 11) is 0. The monoisotopic (exact) mass is 553 g/mol. The van der Waals surface area contributed by atoms with Crippen molar-refractivity contribution in [2.75, 3.05) is 0 Å². The number of carbonyl (C=O) groups is 1. The molecule has 3 rings (SSSR count). The number of fused-ring (bicyclic) bond motifs is 1. The second kappa shape index (κ2) is 11.5. The third-order valence-corrected chi connectivity index (χ3v) is 4.06. The summed E-state index contributed by atoms with van der Waals surface area (Å²) < 4.78 is 0. The number of aliphatic hydroxyl groups excluding tert-OH is 1. The number of rotatable bonds is 4. The first-order valence-electron chi connectivity index (χ1n) is 9.22. The van der Waals surface area contributed by atoms with Crippen LogP contribution in [0.4, 0.5) is 0 Å². The van der Waals surface area contributed by atoms with Crippen LogP contribution in [-0.2, 0) is 37.7 Å². The van der Waals surface area contributed by atoms with Gasteiger partial charge in [-0.25, -0.2) is 0 Å². The minimum Gasteiger partial charge on any atom is -0.512 e. The number of para-hydroxylation sites is 1. The van der Waals surface area contributed by atoms with Crippen LogP contribution >= 0.6 is 0 Å². The Kier molecular flexibility index (Phi) is 9.78. The van der Waals surface area contributed by atoms with Gasteiger partial charge < -0.3 is 5.11 Å². The minimum atomic E-state index is -0.125. The number of aryl methyl sites for hydroxylation is 2. The average molecular weight is 553 g/mol. The summed E-state index contributed by atoms with van der Waals surface area (Å²) in [5, 5.41) is 9.54. The molecule has 1 heterocycles. The number of pyridine rings is 1. The van der Waals surface area contributed by atoms with Crippen molar-refractivity contribution in [3.05, 3.63) is 77.6 Å². The van der Waals surface area contributed by atoms with E-state index in [2.05, 4.69) is 56.3 Å². The molecule has 28 heavy (non-hydrogen) atoms. The van der Waals surface area contributed by atoms with E-state index in [1.807, 2.05) is 12.1 Å².